The first kappa shape index (κ1) is 20.2. The Morgan fingerprint density at radius 2 is 2.07 bits per heavy atom. The van der Waals surface area contributed by atoms with E-state index in [9.17, 15) is 27.6 Å². The molecule has 9 heteroatoms. The van der Waals surface area contributed by atoms with Gasteiger partial charge in [-0.1, -0.05) is 31.9 Å². The van der Waals surface area contributed by atoms with Crippen LogP contribution in [0.1, 0.15) is 43.7 Å². The lowest BCUT2D eigenvalue weighted by molar-refractivity contribution is -0.149. The zero-order valence-electron chi connectivity index (χ0n) is 15.3. The van der Waals surface area contributed by atoms with Gasteiger partial charge in [0.15, 0.2) is 0 Å². The Morgan fingerprint density at radius 3 is 2.75 bits per heavy atom. The Kier molecular flexibility index (Phi) is 5.36. The van der Waals surface area contributed by atoms with E-state index in [0.717, 1.165) is 36.3 Å². The Morgan fingerprint density at radius 1 is 1.32 bits per heavy atom. The fourth-order valence-electron chi connectivity index (χ4n) is 3.82. The largest absolute Gasteiger partial charge is 0.459 e. The zero-order valence-corrected chi connectivity index (χ0v) is 15.3. The number of carbonyl (C=O) groups is 3. The molecule has 0 unspecified atom stereocenters. The molecule has 28 heavy (non-hydrogen) atoms. The lowest BCUT2D eigenvalue weighted by atomic mass is 9.73. The van der Waals surface area contributed by atoms with Gasteiger partial charge in [0.25, 0.3) is 5.91 Å². The molecule has 2 atom stereocenters. The number of nitrogens with zero attached hydrogens (tertiary/aromatic N) is 1. The van der Waals surface area contributed by atoms with Crippen LogP contribution in [0.4, 0.5) is 18.0 Å². The number of hydrogen-bond acceptors (Lipinski definition) is 4. The number of urea groups is 1. The van der Waals surface area contributed by atoms with Crippen LogP contribution >= 0.6 is 0 Å². The second-order valence-electron chi connectivity index (χ2n) is 7.30. The van der Waals surface area contributed by atoms with Crippen molar-refractivity contribution in [1.82, 2.24) is 10.2 Å². The van der Waals surface area contributed by atoms with Crippen LogP contribution in [-0.2, 0) is 27.1 Å². The zero-order chi connectivity index (χ0) is 20.5. The highest BCUT2D eigenvalue weighted by Gasteiger charge is 2.55. The maximum Gasteiger partial charge on any atom is 0.416 e. The maximum absolute atomic E-state index is 12.8. The summed E-state index contributed by atoms with van der Waals surface area (Å²) >= 11 is 0. The minimum absolute atomic E-state index is 0.0381. The number of halogens is 3. The van der Waals surface area contributed by atoms with Crippen molar-refractivity contribution in [2.24, 2.45) is 5.92 Å². The van der Waals surface area contributed by atoms with Crippen molar-refractivity contribution in [1.29, 1.82) is 0 Å². The number of benzene rings is 1. The van der Waals surface area contributed by atoms with Crippen LogP contribution in [0.25, 0.3) is 0 Å². The molecule has 1 aliphatic heterocycles. The van der Waals surface area contributed by atoms with E-state index < -0.39 is 41.7 Å². The summed E-state index contributed by atoms with van der Waals surface area (Å²) in [7, 11) is 0. The van der Waals surface area contributed by atoms with E-state index in [1.807, 2.05) is 6.92 Å². The second-order valence-corrected chi connectivity index (χ2v) is 7.30. The third-order valence-electron chi connectivity index (χ3n) is 5.44. The average Bonchev–Trinajstić information content (AvgIpc) is 2.87. The highest BCUT2D eigenvalue weighted by molar-refractivity contribution is 6.08. The van der Waals surface area contributed by atoms with Gasteiger partial charge in [0.2, 0.25) is 0 Å². The SMILES string of the molecule is C[C@H]1CCCC[C@]12NC(=O)N(CC(=O)OCc1cccc(C(F)(F)F)c1)C2=O. The molecule has 1 saturated heterocycles. The molecule has 1 saturated carbocycles. The van der Waals surface area contributed by atoms with Crippen molar-refractivity contribution in [3.05, 3.63) is 35.4 Å². The van der Waals surface area contributed by atoms with Gasteiger partial charge in [-0.2, -0.15) is 13.2 Å². The average molecular weight is 398 g/mol. The van der Waals surface area contributed by atoms with E-state index in [1.54, 1.807) is 0 Å². The van der Waals surface area contributed by atoms with E-state index in [0.29, 0.717) is 6.42 Å². The molecule has 0 aromatic heterocycles. The van der Waals surface area contributed by atoms with Crippen molar-refractivity contribution in [3.8, 4) is 0 Å². The predicted molar refractivity (Wildman–Crippen MR) is 91.8 cm³/mol. The molecule has 1 aromatic carbocycles. The van der Waals surface area contributed by atoms with Gasteiger partial charge in [0.1, 0.15) is 18.7 Å². The van der Waals surface area contributed by atoms with Gasteiger partial charge in [0.05, 0.1) is 5.56 Å². The number of imide groups is 1. The van der Waals surface area contributed by atoms with Gasteiger partial charge in [0, 0.05) is 0 Å². The van der Waals surface area contributed by atoms with Gasteiger partial charge in [-0.25, -0.2) is 4.79 Å². The number of nitrogens with one attached hydrogen (secondary N) is 1. The van der Waals surface area contributed by atoms with Crippen LogP contribution in [-0.4, -0.2) is 34.9 Å². The minimum Gasteiger partial charge on any atom is -0.459 e. The number of ether oxygens (including phenoxy) is 1. The van der Waals surface area contributed by atoms with Crippen molar-refractivity contribution in [2.45, 2.75) is 50.9 Å². The summed E-state index contributed by atoms with van der Waals surface area (Å²) in [6, 6.07) is 3.78. The maximum atomic E-state index is 12.8. The van der Waals surface area contributed by atoms with Crippen LogP contribution in [0.2, 0.25) is 0 Å². The van der Waals surface area contributed by atoms with Crippen molar-refractivity contribution < 1.29 is 32.3 Å². The number of alkyl halides is 3. The lowest BCUT2D eigenvalue weighted by Gasteiger charge is -2.36. The topological polar surface area (TPSA) is 75.7 Å². The number of carbonyl (C=O) groups excluding carboxylic acids is 3. The molecule has 1 aromatic rings. The summed E-state index contributed by atoms with van der Waals surface area (Å²) in [5, 5.41) is 2.73. The summed E-state index contributed by atoms with van der Waals surface area (Å²) in [5.41, 5.74) is -1.66. The molecule has 2 aliphatic rings. The Labute approximate surface area is 160 Å². The van der Waals surface area contributed by atoms with Gasteiger partial charge in [-0.05, 0) is 36.5 Å². The second kappa shape index (κ2) is 7.44. The summed E-state index contributed by atoms with van der Waals surface area (Å²) in [6.07, 6.45) is -1.38. The van der Waals surface area contributed by atoms with E-state index in [-0.39, 0.29) is 18.1 Å². The Hall–Kier alpha value is -2.58. The van der Waals surface area contributed by atoms with Gasteiger partial charge >= 0.3 is 18.2 Å². The van der Waals surface area contributed by atoms with Crippen molar-refractivity contribution in [2.75, 3.05) is 6.54 Å². The standard InChI is InChI=1S/C19H21F3N2O4/c1-12-5-2-3-8-18(12)16(26)24(17(27)23-18)10-15(25)28-11-13-6-4-7-14(9-13)19(20,21)22/h4,6-7,9,12H,2-3,5,8,10-11H2,1H3,(H,23,27)/t12-,18-/m0/s1. The number of rotatable bonds is 4. The summed E-state index contributed by atoms with van der Waals surface area (Å²) < 4.78 is 43.2. The predicted octanol–water partition coefficient (Wildman–Crippen LogP) is 3.25. The molecule has 1 spiro atoms. The van der Waals surface area contributed by atoms with Gasteiger partial charge < -0.3 is 10.1 Å². The molecule has 0 bridgehead atoms. The van der Waals surface area contributed by atoms with E-state index in [1.165, 1.54) is 12.1 Å². The molecule has 1 aliphatic carbocycles. The molecular formula is C19H21F3N2O4. The van der Waals surface area contributed by atoms with Crippen LogP contribution in [0.5, 0.6) is 0 Å². The molecule has 6 nitrogen and oxygen atoms in total. The van der Waals surface area contributed by atoms with E-state index in [2.05, 4.69) is 5.32 Å². The number of amides is 3. The fraction of sp³-hybridized carbons (Fsp3) is 0.526. The molecule has 3 rings (SSSR count). The van der Waals surface area contributed by atoms with Gasteiger partial charge in [-0.15, -0.1) is 0 Å². The van der Waals surface area contributed by atoms with E-state index >= 15 is 0 Å². The van der Waals surface area contributed by atoms with Crippen LogP contribution in [0.3, 0.4) is 0 Å². The highest BCUT2D eigenvalue weighted by Crippen LogP contribution is 2.38. The Balaban J connectivity index is 1.61. The molecule has 0 radical (unpaired) electrons. The number of hydrogen-bond donors (Lipinski definition) is 1. The highest BCUT2D eigenvalue weighted by atomic mass is 19.4. The number of esters is 1. The molecular weight excluding hydrogens is 377 g/mol. The first-order chi connectivity index (χ1) is 13.1. The quantitative estimate of drug-likeness (QED) is 0.624. The summed E-state index contributed by atoms with van der Waals surface area (Å²) in [5.74, 6) is -1.34. The fourth-order valence-corrected chi connectivity index (χ4v) is 3.82. The monoisotopic (exact) mass is 398 g/mol. The minimum atomic E-state index is -4.49. The van der Waals surface area contributed by atoms with Crippen LogP contribution in [0.15, 0.2) is 24.3 Å². The van der Waals surface area contributed by atoms with Crippen LogP contribution in [0, 0.1) is 5.92 Å². The van der Waals surface area contributed by atoms with Crippen LogP contribution < -0.4 is 5.32 Å². The molecule has 1 heterocycles. The third kappa shape index (κ3) is 3.83. The van der Waals surface area contributed by atoms with Gasteiger partial charge in [-0.3, -0.25) is 14.5 Å². The molecule has 2 fully saturated rings. The first-order valence-corrected chi connectivity index (χ1v) is 9.09. The summed E-state index contributed by atoms with van der Waals surface area (Å²) in [6.45, 7) is 0.943. The third-order valence-corrected chi connectivity index (χ3v) is 5.44. The van der Waals surface area contributed by atoms with Crippen molar-refractivity contribution in [3.63, 3.8) is 0 Å². The normalized spacial score (nSPS) is 25.1. The lowest BCUT2D eigenvalue weighted by Crippen LogP contribution is -2.54. The van der Waals surface area contributed by atoms with Crippen molar-refractivity contribution >= 4 is 17.9 Å². The smallest absolute Gasteiger partial charge is 0.416 e. The first-order valence-electron chi connectivity index (χ1n) is 9.09. The molecule has 152 valence electrons. The van der Waals surface area contributed by atoms with E-state index in [4.69, 9.17) is 4.74 Å². The Bertz CT molecular complexity index is 796. The molecule has 1 N–H and O–H groups in total. The summed E-state index contributed by atoms with van der Waals surface area (Å²) in [4.78, 5) is 37.9. The molecule has 3 amide bonds.